The third kappa shape index (κ3) is 2.09. The number of nitrogens with zero attached hydrogens (tertiary/aromatic N) is 3. The minimum absolute atomic E-state index is 0.135. The molecule has 0 unspecified atom stereocenters. The molecule has 8 heteroatoms. The highest BCUT2D eigenvalue weighted by atomic mass is 16.4. The first-order chi connectivity index (χ1) is 8.08. The van der Waals surface area contributed by atoms with Gasteiger partial charge in [-0.05, 0) is 23.4 Å². The van der Waals surface area contributed by atoms with Gasteiger partial charge in [0.25, 0.3) is 0 Å². The molecule has 0 atom stereocenters. The van der Waals surface area contributed by atoms with Gasteiger partial charge in [-0.1, -0.05) is 0 Å². The summed E-state index contributed by atoms with van der Waals surface area (Å²) in [5.41, 5.74) is -0.0227. The summed E-state index contributed by atoms with van der Waals surface area (Å²) in [6.45, 7) is 0. The molecule has 0 amide bonds. The maximum atomic E-state index is 10.8. The molecule has 0 radical (unpaired) electrons. The zero-order valence-corrected chi connectivity index (χ0v) is 8.28. The van der Waals surface area contributed by atoms with Crippen LogP contribution in [0, 0.1) is 0 Å². The second-order valence-electron chi connectivity index (χ2n) is 3.14. The van der Waals surface area contributed by atoms with Crippen molar-refractivity contribution in [3.05, 3.63) is 29.3 Å². The third-order valence-electron chi connectivity index (χ3n) is 2.03. The van der Waals surface area contributed by atoms with Crippen LogP contribution >= 0.6 is 0 Å². The minimum Gasteiger partial charge on any atom is -0.478 e. The van der Waals surface area contributed by atoms with E-state index in [1.165, 1.54) is 12.1 Å². The van der Waals surface area contributed by atoms with Crippen LogP contribution in [-0.4, -0.2) is 42.8 Å². The molecule has 1 heterocycles. The van der Waals surface area contributed by atoms with Crippen LogP contribution in [0.4, 0.5) is 0 Å². The van der Waals surface area contributed by atoms with Gasteiger partial charge in [0.2, 0.25) is 5.82 Å². The van der Waals surface area contributed by atoms with E-state index in [2.05, 4.69) is 20.6 Å². The Balaban J connectivity index is 2.60. The summed E-state index contributed by atoms with van der Waals surface area (Å²) in [4.78, 5) is 21.7. The second-order valence-corrected chi connectivity index (χ2v) is 3.14. The van der Waals surface area contributed by atoms with Gasteiger partial charge in [-0.25, -0.2) is 9.59 Å². The lowest BCUT2D eigenvalue weighted by Gasteiger charge is -2.01. The van der Waals surface area contributed by atoms with E-state index in [1.54, 1.807) is 0 Å². The molecule has 0 saturated carbocycles. The number of rotatable bonds is 3. The Morgan fingerprint density at radius 2 is 1.65 bits per heavy atom. The number of aromatic amines is 1. The number of carboxylic acids is 2. The molecule has 86 valence electrons. The molecule has 1 aromatic carbocycles. The van der Waals surface area contributed by atoms with Gasteiger partial charge in [-0.15, -0.1) is 10.2 Å². The van der Waals surface area contributed by atoms with Crippen molar-refractivity contribution >= 4 is 11.9 Å². The number of carboxylic acid groups (broad SMARTS) is 2. The van der Waals surface area contributed by atoms with Gasteiger partial charge in [-0.2, -0.15) is 5.21 Å². The number of aromatic nitrogens is 4. The van der Waals surface area contributed by atoms with Crippen LogP contribution in [0.3, 0.4) is 0 Å². The van der Waals surface area contributed by atoms with Crippen molar-refractivity contribution in [2.75, 3.05) is 0 Å². The topological polar surface area (TPSA) is 129 Å². The zero-order valence-electron chi connectivity index (χ0n) is 8.28. The first-order valence-corrected chi connectivity index (χ1v) is 4.43. The summed E-state index contributed by atoms with van der Waals surface area (Å²) < 4.78 is 0. The number of hydrogen-bond donors (Lipinski definition) is 3. The monoisotopic (exact) mass is 234 g/mol. The first kappa shape index (κ1) is 10.7. The van der Waals surface area contributed by atoms with E-state index in [1.807, 2.05) is 0 Å². The van der Waals surface area contributed by atoms with Gasteiger partial charge in [0.15, 0.2) is 0 Å². The minimum atomic E-state index is -1.22. The average Bonchev–Trinajstić information content (AvgIpc) is 2.81. The summed E-state index contributed by atoms with van der Waals surface area (Å²) in [6, 6.07) is 3.62. The van der Waals surface area contributed by atoms with Crippen molar-refractivity contribution in [2.45, 2.75) is 0 Å². The van der Waals surface area contributed by atoms with Gasteiger partial charge in [0.1, 0.15) is 0 Å². The van der Waals surface area contributed by atoms with E-state index >= 15 is 0 Å². The molecule has 0 saturated heterocycles. The maximum absolute atomic E-state index is 10.8. The van der Waals surface area contributed by atoms with Gasteiger partial charge in [-0.3, -0.25) is 0 Å². The lowest BCUT2D eigenvalue weighted by Crippen LogP contribution is -2.03. The number of tetrazole rings is 1. The van der Waals surface area contributed by atoms with Crippen LogP contribution in [0.15, 0.2) is 18.2 Å². The number of aromatic carboxylic acids is 2. The summed E-state index contributed by atoms with van der Waals surface area (Å²) in [5.74, 6) is -2.31. The number of nitrogens with one attached hydrogen (secondary N) is 1. The molecule has 2 aromatic rings. The molecule has 3 N–H and O–H groups in total. The van der Waals surface area contributed by atoms with Crippen molar-refractivity contribution in [3.8, 4) is 11.4 Å². The fraction of sp³-hybridized carbons (Fsp3) is 0. The highest BCUT2D eigenvalue weighted by molar-refractivity contribution is 5.95. The summed E-state index contributed by atoms with van der Waals surface area (Å²) >= 11 is 0. The summed E-state index contributed by atoms with van der Waals surface area (Å²) in [7, 11) is 0. The molecule has 8 nitrogen and oxygen atoms in total. The van der Waals surface area contributed by atoms with Gasteiger partial charge in [0.05, 0.1) is 11.1 Å². The Morgan fingerprint density at radius 1 is 1.06 bits per heavy atom. The van der Waals surface area contributed by atoms with E-state index < -0.39 is 11.9 Å². The van der Waals surface area contributed by atoms with Crippen LogP contribution < -0.4 is 0 Å². The molecule has 0 aliphatic carbocycles. The van der Waals surface area contributed by atoms with Gasteiger partial charge in [0, 0.05) is 5.56 Å². The standard InChI is InChI=1S/C9H6N4O4/c14-8(15)5-1-4(7-10-12-13-11-7)2-6(3-5)9(16)17/h1-3H,(H,14,15)(H,16,17)(H,10,11,12,13). The molecule has 0 aliphatic heterocycles. The lowest BCUT2D eigenvalue weighted by molar-refractivity contribution is 0.0696. The highest BCUT2D eigenvalue weighted by Gasteiger charge is 2.14. The Labute approximate surface area is 93.9 Å². The van der Waals surface area contributed by atoms with Crippen molar-refractivity contribution in [1.29, 1.82) is 0 Å². The van der Waals surface area contributed by atoms with Gasteiger partial charge < -0.3 is 10.2 Å². The maximum Gasteiger partial charge on any atom is 0.335 e. The third-order valence-corrected chi connectivity index (χ3v) is 2.03. The van der Waals surface area contributed by atoms with E-state index in [0.29, 0.717) is 0 Å². The smallest absolute Gasteiger partial charge is 0.335 e. The van der Waals surface area contributed by atoms with Gasteiger partial charge >= 0.3 is 11.9 Å². The predicted octanol–water partition coefficient (Wildman–Crippen LogP) is 0.263. The Kier molecular flexibility index (Phi) is 2.53. The quantitative estimate of drug-likeness (QED) is 0.694. The van der Waals surface area contributed by atoms with E-state index in [9.17, 15) is 9.59 Å². The zero-order chi connectivity index (χ0) is 12.4. The second kappa shape index (κ2) is 4.00. The Hall–Kier alpha value is -2.77. The first-order valence-electron chi connectivity index (χ1n) is 4.43. The normalized spacial score (nSPS) is 10.1. The fourth-order valence-electron chi connectivity index (χ4n) is 1.29. The van der Waals surface area contributed by atoms with Crippen LogP contribution in [0.1, 0.15) is 20.7 Å². The molecule has 17 heavy (non-hydrogen) atoms. The summed E-state index contributed by atoms with van der Waals surface area (Å²) in [6.07, 6.45) is 0. The number of benzene rings is 1. The van der Waals surface area contributed by atoms with Crippen LogP contribution in [0.2, 0.25) is 0 Å². The van der Waals surface area contributed by atoms with E-state index in [4.69, 9.17) is 10.2 Å². The molecular weight excluding hydrogens is 228 g/mol. The molecule has 0 bridgehead atoms. The largest absolute Gasteiger partial charge is 0.478 e. The average molecular weight is 234 g/mol. The van der Waals surface area contributed by atoms with Crippen LogP contribution in [0.25, 0.3) is 11.4 Å². The highest BCUT2D eigenvalue weighted by Crippen LogP contribution is 2.18. The Bertz CT molecular complexity index is 546. The fourth-order valence-corrected chi connectivity index (χ4v) is 1.29. The van der Waals surface area contributed by atoms with Crippen molar-refractivity contribution < 1.29 is 19.8 Å². The molecule has 1 aromatic heterocycles. The number of carbonyl (C=O) groups is 2. The predicted molar refractivity (Wildman–Crippen MR) is 53.5 cm³/mol. The molecular formula is C9H6N4O4. The SMILES string of the molecule is O=C(O)c1cc(C(=O)O)cc(-c2nn[nH]n2)c1. The van der Waals surface area contributed by atoms with Crippen LogP contribution in [0.5, 0.6) is 0 Å². The van der Waals surface area contributed by atoms with Crippen molar-refractivity contribution in [3.63, 3.8) is 0 Å². The van der Waals surface area contributed by atoms with E-state index in [-0.39, 0.29) is 22.5 Å². The van der Waals surface area contributed by atoms with Crippen molar-refractivity contribution in [1.82, 2.24) is 20.6 Å². The molecule has 0 aliphatic rings. The van der Waals surface area contributed by atoms with Crippen molar-refractivity contribution in [2.24, 2.45) is 0 Å². The van der Waals surface area contributed by atoms with E-state index in [0.717, 1.165) is 6.07 Å². The molecule has 2 rings (SSSR count). The number of H-pyrrole nitrogens is 1. The molecule has 0 spiro atoms. The Morgan fingerprint density at radius 3 is 2.06 bits per heavy atom. The summed E-state index contributed by atoms with van der Waals surface area (Å²) in [5, 5.41) is 30.5. The molecule has 0 fully saturated rings. The number of hydrogen-bond acceptors (Lipinski definition) is 5. The van der Waals surface area contributed by atoms with Crippen LogP contribution in [-0.2, 0) is 0 Å². The lowest BCUT2D eigenvalue weighted by atomic mass is 10.1.